The van der Waals surface area contributed by atoms with Crippen molar-refractivity contribution in [3.63, 3.8) is 0 Å². The molecule has 1 saturated carbocycles. The summed E-state index contributed by atoms with van der Waals surface area (Å²) in [5.74, 6) is -0.514. The van der Waals surface area contributed by atoms with Crippen LogP contribution in [0.25, 0.3) is 10.9 Å². The number of aromatic nitrogens is 1. The minimum atomic E-state index is -4.79. The first kappa shape index (κ1) is 39.0. The number of ketones is 1. The van der Waals surface area contributed by atoms with Crippen LogP contribution in [0.1, 0.15) is 59.7 Å². The van der Waals surface area contributed by atoms with E-state index in [4.69, 9.17) is 4.52 Å². The lowest BCUT2D eigenvalue weighted by Gasteiger charge is -2.55. The molecule has 0 spiro atoms. The molecule has 7 rings (SSSR count). The molecule has 2 atom stereocenters. The second-order valence-electron chi connectivity index (χ2n) is 14.6. The number of Topliss-reactive ketones (excluding diaryl/α,β-unsaturated/α-hetero) is 1. The molecule has 3 heterocycles. The number of nitrogens with one attached hydrogen (secondary N) is 1. The molecule has 2 saturated heterocycles. The highest BCUT2D eigenvalue weighted by atomic mass is 31.2. The Kier molecular flexibility index (Phi) is 11.5. The minimum Gasteiger partial charge on any atom is -0.404 e. The third kappa shape index (κ3) is 8.43. The smallest absolute Gasteiger partial charge is 0.404 e. The van der Waals surface area contributed by atoms with Crippen LogP contribution in [-0.2, 0) is 40.2 Å². The van der Waals surface area contributed by atoms with E-state index in [0.29, 0.717) is 17.7 Å². The number of piperazine rings is 1. The monoisotopic (exact) mass is 782 g/mol. The second kappa shape index (κ2) is 16.4. The average Bonchev–Trinajstić information content (AvgIpc) is 3.96. The van der Waals surface area contributed by atoms with Crippen molar-refractivity contribution in [3.8, 4) is 5.75 Å². The molecule has 3 aliphatic rings. The molecule has 4 amide bonds. The minimum absolute atomic E-state index is 0.0163. The maximum atomic E-state index is 14.8. The molecule has 1 aliphatic carbocycles. The Balaban J connectivity index is 1.27. The molecule has 0 bridgehead atoms. The van der Waals surface area contributed by atoms with Crippen molar-refractivity contribution in [3.05, 3.63) is 114 Å². The molecular weight excluding hydrogens is 735 g/mol. The standard InChI is InChI=1S/C41H47N6O8P/c1-3-5-21-43-25-34(39(49)30-16-17-30)33-13-9-12-31(38(33)43)24-44-26-36-46(35(40(44)50)22-28-14-18-32(19-15-28)55-56(52,53)54)37(48)27-45(20-4-2)47(36)41(51)42-23-29-10-7-6-8-11-29/h4,6-15,18-19,25,30,35-36H,2-3,5,16-17,20-24,26-27H2,1H3,(H,42,51)(H2,52,53,54). The zero-order valence-corrected chi connectivity index (χ0v) is 32.2. The predicted octanol–water partition coefficient (Wildman–Crippen LogP) is 5.24. The van der Waals surface area contributed by atoms with Gasteiger partial charge in [0.2, 0.25) is 11.8 Å². The van der Waals surface area contributed by atoms with Crippen molar-refractivity contribution in [2.75, 3.05) is 19.6 Å². The van der Waals surface area contributed by atoms with Crippen molar-refractivity contribution in [2.24, 2.45) is 5.92 Å². The predicted molar refractivity (Wildman–Crippen MR) is 209 cm³/mol. The molecule has 2 unspecified atom stereocenters. The van der Waals surface area contributed by atoms with Crippen LogP contribution in [0.4, 0.5) is 4.79 Å². The van der Waals surface area contributed by atoms with Crippen LogP contribution in [0.3, 0.4) is 0 Å². The zero-order chi connectivity index (χ0) is 39.6. The maximum Gasteiger partial charge on any atom is 0.524 e. The molecule has 3 N–H and O–H groups in total. The van der Waals surface area contributed by atoms with Crippen molar-refractivity contribution in [1.29, 1.82) is 0 Å². The molecule has 294 valence electrons. The number of nitrogens with zero attached hydrogens (tertiary/aromatic N) is 5. The number of unbranched alkanes of at least 4 members (excludes halogenated alkanes) is 1. The van der Waals surface area contributed by atoms with Gasteiger partial charge in [-0.3, -0.25) is 24.2 Å². The lowest BCUT2D eigenvalue weighted by atomic mass is 9.97. The molecule has 2 aliphatic heterocycles. The number of carbonyl (C=O) groups is 4. The van der Waals surface area contributed by atoms with Crippen LogP contribution in [0, 0.1) is 5.92 Å². The van der Waals surface area contributed by atoms with Gasteiger partial charge in [0.15, 0.2) is 5.78 Å². The highest BCUT2D eigenvalue weighted by Crippen LogP contribution is 2.39. The fourth-order valence-corrected chi connectivity index (χ4v) is 8.18. The normalized spacial score (nSPS) is 18.9. The van der Waals surface area contributed by atoms with Crippen molar-refractivity contribution >= 4 is 42.4 Å². The summed E-state index contributed by atoms with van der Waals surface area (Å²) in [5.41, 5.74) is 3.94. The molecule has 56 heavy (non-hydrogen) atoms. The number of carbonyl (C=O) groups excluding carboxylic acids is 4. The Morgan fingerprint density at radius 1 is 1.00 bits per heavy atom. The molecule has 3 aromatic carbocycles. The first-order chi connectivity index (χ1) is 27.0. The molecule has 0 radical (unpaired) electrons. The van der Waals surface area contributed by atoms with Gasteiger partial charge in [0.05, 0.1) is 18.6 Å². The van der Waals surface area contributed by atoms with Gasteiger partial charge in [-0.25, -0.2) is 19.4 Å². The van der Waals surface area contributed by atoms with Crippen LogP contribution >= 0.6 is 7.82 Å². The van der Waals surface area contributed by atoms with Crippen LogP contribution < -0.4 is 9.84 Å². The Labute approximate surface area is 325 Å². The number of hydrogen-bond donors (Lipinski definition) is 3. The number of phosphoric ester groups is 1. The fraction of sp³-hybridized carbons (Fsp3) is 0.366. The van der Waals surface area contributed by atoms with E-state index in [0.717, 1.165) is 47.7 Å². The van der Waals surface area contributed by atoms with Gasteiger partial charge in [0, 0.05) is 55.7 Å². The Hall–Kier alpha value is -5.27. The summed E-state index contributed by atoms with van der Waals surface area (Å²) in [6.45, 7) is 7.15. The number of hydrazine groups is 1. The van der Waals surface area contributed by atoms with E-state index in [1.54, 1.807) is 28.1 Å². The second-order valence-corrected chi connectivity index (χ2v) is 15.8. The van der Waals surface area contributed by atoms with Gasteiger partial charge in [-0.15, -0.1) is 6.58 Å². The number of phosphoric acid groups is 1. The highest BCUT2D eigenvalue weighted by molar-refractivity contribution is 7.46. The van der Waals surface area contributed by atoms with Gasteiger partial charge in [-0.05, 0) is 48.1 Å². The van der Waals surface area contributed by atoms with E-state index >= 15 is 0 Å². The largest absolute Gasteiger partial charge is 0.524 e. The van der Waals surface area contributed by atoms with Crippen LogP contribution in [0.5, 0.6) is 5.75 Å². The van der Waals surface area contributed by atoms with Gasteiger partial charge in [-0.1, -0.05) is 80.1 Å². The number of rotatable bonds is 15. The number of fused-ring (bicyclic) bond motifs is 2. The highest BCUT2D eigenvalue weighted by Gasteiger charge is 2.51. The lowest BCUT2D eigenvalue weighted by molar-refractivity contribution is -0.189. The fourth-order valence-electron chi connectivity index (χ4n) is 7.78. The van der Waals surface area contributed by atoms with E-state index in [-0.39, 0.29) is 68.4 Å². The zero-order valence-electron chi connectivity index (χ0n) is 31.3. The number of urea groups is 1. The molecule has 3 fully saturated rings. The summed E-state index contributed by atoms with van der Waals surface area (Å²) in [4.78, 5) is 78.3. The Morgan fingerprint density at radius 2 is 1.75 bits per heavy atom. The van der Waals surface area contributed by atoms with Crippen LogP contribution in [-0.4, -0.2) is 89.6 Å². The lowest BCUT2D eigenvalue weighted by Crippen LogP contribution is -2.76. The number of para-hydroxylation sites is 1. The number of hydrogen-bond acceptors (Lipinski definition) is 7. The van der Waals surface area contributed by atoms with E-state index in [9.17, 15) is 33.5 Å². The first-order valence-electron chi connectivity index (χ1n) is 19.0. The Morgan fingerprint density at radius 3 is 2.43 bits per heavy atom. The molecule has 14 nitrogen and oxygen atoms in total. The van der Waals surface area contributed by atoms with Gasteiger partial charge >= 0.3 is 13.9 Å². The average molecular weight is 783 g/mol. The molecule has 4 aromatic rings. The maximum absolute atomic E-state index is 14.8. The topological polar surface area (TPSA) is 165 Å². The van der Waals surface area contributed by atoms with Crippen LogP contribution in [0.2, 0.25) is 0 Å². The Bertz CT molecular complexity index is 2170. The van der Waals surface area contributed by atoms with E-state index in [1.165, 1.54) is 22.0 Å². The summed E-state index contributed by atoms with van der Waals surface area (Å²) in [6, 6.07) is 19.8. The summed E-state index contributed by atoms with van der Waals surface area (Å²) in [5, 5.41) is 7.02. The number of amides is 4. The van der Waals surface area contributed by atoms with E-state index in [1.807, 2.05) is 54.7 Å². The van der Waals surface area contributed by atoms with Gasteiger partial charge < -0.3 is 24.2 Å². The van der Waals surface area contributed by atoms with E-state index < -0.39 is 26.1 Å². The van der Waals surface area contributed by atoms with Crippen molar-refractivity contribution in [1.82, 2.24) is 29.7 Å². The SMILES string of the molecule is C=CCN1CC(=O)N2C(Cc3ccc(OP(=O)(O)O)cc3)C(=O)N(Cc3cccc4c(C(=O)C5CC5)cn(CCCC)c34)CC2N1C(=O)NCc1ccccc1. The van der Waals surface area contributed by atoms with Gasteiger partial charge in [0.1, 0.15) is 18.0 Å². The first-order valence-corrected chi connectivity index (χ1v) is 20.5. The van der Waals surface area contributed by atoms with Gasteiger partial charge in [0.25, 0.3) is 0 Å². The van der Waals surface area contributed by atoms with Crippen molar-refractivity contribution < 1.29 is 38.1 Å². The summed E-state index contributed by atoms with van der Waals surface area (Å²) in [7, 11) is -4.79. The van der Waals surface area contributed by atoms with Crippen molar-refractivity contribution in [2.45, 2.75) is 70.9 Å². The number of benzene rings is 3. The molecule has 15 heteroatoms. The van der Waals surface area contributed by atoms with Crippen LogP contribution in [0.15, 0.2) is 91.6 Å². The third-order valence-corrected chi connectivity index (χ3v) is 11.0. The summed E-state index contributed by atoms with van der Waals surface area (Å²) in [6.07, 6.45) is 6.40. The summed E-state index contributed by atoms with van der Waals surface area (Å²) >= 11 is 0. The van der Waals surface area contributed by atoms with Gasteiger partial charge in [-0.2, -0.15) is 0 Å². The summed E-state index contributed by atoms with van der Waals surface area (Å²) < 4.78 is 18.3. The quantitative estimate of drug-likeness (QED) is 0.0831. The number of aryl methyl sites for hydroxylation is 1. The third-order valence-electron chi connectivity index (χ3n) is 10.6. The molecular formula is C41H47N6O8P. The van der Waals surface area contributed by atoms with E-state index in [2.05, 4.69) is 23.4 Å². The molecule has 1 aromatic heterocycles.